The van der Waals surface area contributed by atoms with Gasteiger partial charge in [0.1, 0.15) is 0 Å². The Hall–Kier alpha value is -1.40. The van der Waals surface area contributed by atoms with E-state index in [4.69, 9.17) is 0 Å². The topological polar surface area (TPSA) is 75.3 Å². The van der Waals surface area contributed by atoms with Gasteiger partial charge < -0.3 is 5.32 Å². The van der Waals surface area contributed by atoms with Crippen LogP contribution in [0, 0.1) is 5.92 Å². The molecule has 1 aliphatic rings. The molecule has 1 amide bonds. The summed E-state index contributed by atoms with van der Waals surface area (Å²) in [6.45, 7) is 3.76. The van der Waals surface area contributed by atoms with Crippen molar-refractivity contribution in [1.29, 1.82) is 0 Å². The van der Waals surface area contributed by atoms with Gasteiger partial charge in [0.05, 0.1) is 4.90 Å². The lowest BCUT2D eigenvalue weighted by molar-refractivity contribution is -0.116. The van der Waals surface area contributed by atoms with E-state index in [-0.39, 0.29) is 16.8 Å². The first-order valence-electron chi connectivity index (χ1n) is 9.33. The van der Waals surface area contributed by atoms with E-state index < -0.39 is 10.0 Å². The first-order chi connectivity index (χ1) is 11.9. The second-order valence-electron chi connectivity index (χ2n) is 7.05. The largest absolute Gasteiger partial charge is 0.326 e. The smallest absolute Gasteiger partial charge is 0.240 e. The van der Waals surface area contributed by atoms with Gasteiger partial charge in [0, 0.05) is 18.2 Å². The standard InChI is InChI=1S/C19H30N2O3S/c1-3-15(2)21-25(23,24)18-12-10-17(11-13-18)20-19(22)14-9-16-7-5-4-6-8-16/h10-13,15-16,21H,3-9,14H2,1-2H3,(H,20,22)/t15-/m1/s1. The number of sulfonamides is 1. The van der Waals surface area contributed by atoms with E-state index in [0.29, 0.717) is 18.0 Å². The molecule has 1 atom stereocenters. The van der Waals surface area contributed by atoms with Gasteiger partial charge >= 0.3 is 0 Å². The summed E-state index contributed by atoms with van der Waals surface area (Å²) >= 11 is 0. The Labute approximate surface area is 151 Å². The third kappa shape index (κ3) is 6.44. The molecule has 1 aromatic rings. The summed E-state index contributed by atoms with van der Waals surface area (Å²) in [4.78, 5) is 12.3. The number of anilines is 1. The van der Waals surface area contributed by atoms with Crippen LogP contribution in [0.2, 0.25) is 0 Å². The first kappa shape index (κ1) is 19.9. The van der Waals surface area contributed by atoms with Crippen molar-refractivity contribution in [2.45, 2.75) is 76.2 Å². The lowest BCUT2D eigenvalue weighted by Gasteiger charge is -2.21. The molecule has 1 aromatic carbocycles. The molecule has 0 aromatic heterocycles. The summed E-state index contributed by atoms with van der Waals surface area (Å²) in [7, 11) is -3.50. The van der Waals surface area contributed by atoms with E-state index in [2.05, 4.69) is 10.0 Å². The van der Waals surface area contributed by atoms with Gasteiger partial charge in [-0.15, -0.1) is 0 Å². The van der Waals surface area contributed by atoms with Gasteiger partial charge in [-0.1, -0.05) is 39.0 Å². The molecular weight excluding hydrogens is 336 g/mol. The second-order valence-corrected chi connectivity index (χ2v) is 8.76. The van der Waals surface area contributed by atoms with E-state index in [1.807, 2.05) is 13.8 Å². The Morgan fingerprint density at radius 3 is 2.40 bits per heavy atom. The Morgan fingerprint density at radius 1 is 1.16 bits per heavy atom. The number of hydrogen-bond acceptors (Lipinski definition) is 3. The maximum atomic E-state index is 12.2. The fourth-order valence-corrected chi connectivity index (χ4v) is 4.50. The maximum Gasteiger partial charge on any atom is 0.240 e. The molecule has 0 spiro atoms. The van der Waals surface area contributed by atoms with Gasteiger partial charge in [0.25, 0.3) is 0 Å². The van der Waals surface area contributed by atoms with Crippen LogP contribution in [0.15, 0.2) is 29.2 Å². The zero-order valence-corrected chi connectivity index (χ0v) is 16.1. The molecule has 2 rings (SSSR count). The van der Waals surface area contributed by atoms with Crippen molar-refractivity contribution in [2.24, 2.45) is 5.92 Å². The number of hydrogen-bond donors (Lipinski definition) is 2. The van der Waals surface area contributed by atoms with E-state index >= 15 is 0 Å². The third-order valence-corrected chi connectivity index (χ3v) is 6.53. The van der Waals surface area contributed by atoms with Crippen molar-refractivity contribution in [2.75, 3.05) is 5.32 Å². The van der Waals surface area contributed by atoms with E-state index in [0.717, 1.165) is 12.8 Å². The highest BCUT2D eigenvalue weighted by molar-refractivity contribution is 7.89. The third-order valence-electron chi connectivity index (χ3n) is 4.92. The predicted octanol–water partition coefficient (Wildman–Crippen LogP) is 4.06. The Balaban J connectivity index is 1.85. The van der Waals surface area contributed by atoms with Crippen LogP contribution in [-0.4, -0.2) is 20.4 Å². The summed E-state index contributed by atoms with van der Waals surface area (Å²) in [5.41, 5.74) is 0.635. The molecule has 1 saturated carbocycles. The van der Waals surface area contributed by atoms with Crippen molar-refractivity contribution in [1.82, 2.24) is 4.72 Å². The van der Waals surface area contributed by atoms with Gasteiger partial charge in [-0.2, -0.15) is 0 Å². The summed E-state index contributed by atoms with van der Waals surface area (Å²) in [5.74, 6) is 0.678. The number of carbonyl (C=O) groups excluding carboxylic acids is 1. The van der Waals surface area contributed by atoms with Crippen LogP contribution in [-0.2, 0) is 14.8 Å². The number of amides is 1. The highest BCUT2D eigenvalue weighted by atomic mass is 32.2. The SMILES string of the molecule is CC[C@@H](C)NS(=O)(=O)c1ccc(NC(=O)CCC2CCCCC2)cc1. The van der Waals surface area contributed by atoms with Crippen LogP contribution in [0.3, 0.4) is 0 Å². The van der Waals surface area contributed by atoms with Gasteiger partial charge in [-0.3, -0.25) is 4.79 Å². The number of rotatable bonds is 8. The van der Waals surface area contributed by atoms with Crippen LogP contribution in [0.5, 0.6) is 0 Å². The Kier molecular flexibility index (Phi) is 7.44. The van der Waals surface area contributed by atoms with E-state index in [9.17, 15) is 13.2 Å². The molecule has 5 nitrogen and oxygen atoms in total. The number of nitrogens with one attached hydrogen (secondary N) is 2. The highest BCUT2D eigenvalue weighted by Crippen LogP contribution is 2.27. The molecule has 1 fully saturated rings. The van der Waals surface area contributed by atoms with Crippen LogP contribution in [0.25, 0.3) is 0 Å². The fraction of sp³-hybridized carbons (Fsp3) is 0.632. The zero-order chi connectivity index (χ0) is 18.3. The van der Waals surface area contributed by atoms with Crippen LogP contribution < -0.4 is 10.0 Å². The van der Waals surface area contributed by atoms with Crippen LogP contribution in [0.1, 0.15) is 65.2 Å². The highest BCUT2D eigenvalue weighted by Gasteiger charge is 2.17. The summed E-state index contributed by atoms with van der Waals surface area (Å²) < 4.78 is 27.1. The number of benzene rings is 1. The molecule has 0 heterocycles. The monoisotopic (exact) mass is 366 g/mol. The molecular formula is C19H30N2O3S. The minimum Gasteiger partial charge on any atom is -0.326 e. The number of carbonyl (C=O) groups is 1. The van der Waals surface area contributed by atoms with Crippen molar-refractivity contribution in [3.8, 4) is 0 Å². The molecule has 6 heteroatoms. The second kappa shape index (κ2) is 9.34. The molecule has 140 valence electrons. The van der Waals surface area contributed by atoms with Crippen molar-refractivity contribution < 1.29 is 13.2 Å². The van der Waals surface area contributed by atoms with Gasteiger partial charge in [-0.05, 0) is 49.9 Å². The molecule has 0 unspecified atom stereocenters. The Morgan fingerprint density at radius 2 is 1.80 bits per heavy atom. The lowest BCUT2D eigenvalue weighted by Crippen LogP contribution is -2.31. The zero-order valence-electron chi connectivity index (χ0n) is 15.3. The lowest BCUT2D eigenvalue weighted by atomic mass is 9.86. The van der Waals surface area contributed by atoms with Gasteiger partial charge in [0.2, 0.25) is 15.9 Å². The quantitative estimate of drug-likeness (QED) is 0.728. The summed E-state index contributed by atoms with van der Waals surface area (Å²) in [6, 6.07) is 6.24. The van der Waals surface area contributed by atoms with Gasteiger partial charge in [0.15, 0.2) is 0 Å². The molecule has 0 radical (unpaired) electrons. The van der Waals surface area contributed by atoms with Crippen LogP contribution >= 0.6 is 0 Å². The average molecular weight is 367 g/mol. The summed E-state index contributed by atoms with van der Waals surface area (Å²) in [5, 5.41) is 2.86. The fourth-order valence-electron chi connectivity index (χ4n) is 3.17. The molecule has 0 aliphatic heterocycles. The minimum atomic E-state index is -3.50. The molecule has 25 heavy (non-hydrogen) atoms. The average Bonchev–Trinajstić information content (AvgIpc) is 2.61. The van der Waals surface area contributed by atoms with E-state index in [1.54, 1.807) is 12.1 Å². The maximum absolute atomic E-state index is 12.2. The normalized spacial score (nSPS) is 17.2. The molecule has 0 saturated heterocycles. The van der Waals surface area contributed by atoms with E-state index in [1.165, 1.54) is 44.2 Å². The molecule has 0 bridgehead atoms. The predicted molar refractivity (Wildman–Crippen MR) is 101 cm³/mol. The molecule has 1 aliphatic carbocycles. The van der Waals surface area contributed by atoms with Crippen molar-refractivity contribution >= 4 is 21.6 Å². The summed E-state index contributed by atoms with van der Waals surface area (Å²) in [6.07, 6.45) is 8.57. The molecule has 2 N–H and O–H groups in total. The Bertz CT molecular complexity index is 650. The van der Waals surface area contributed by atoms with Crippen LogP contribution in [0.4, 0.5) is 5.69 Å². The van der Waals surface area contributed by atoms with Crippen molar-refractivity contribution in [3.63, 3.8) is 0 Å². The van der Waals surface area contributed by atoms with Crippen molar-refractivity contribution in [3.05, 3.63) is 24.3 Å². The van der Waals surface area contributed by atoms with Gasteiger partial charge in [-0.25, -0.2) is 13.1 Å². The first-order valence-corrected chi connectivity index (χ1v) is 10.8. The minimum absolute atomic E-state index is 0.00101.